The molecule has 2 aliphatic rings. The molecule has 2 aliphatic carbocycles. The Morgan fingerprint density at radius 2 is 1.50 bits per heavy atom. The van der Waals surface area contributed by atoms with Crippen LogP contribution in [0.25, 0.3) is 0 Å². The third-order valence-corrected chi connectivity index (χ3v) is 1.78. The smallest absolute Gasteiger partial charge is 0.0658 e. The van der Waals surface area contributed by atoms with Gasteiger partial charge < -0.3 is 0 Å². The summed E-state index contributed by atoms with van der Waals surface area (Å²) in [5, 5.41) is 0. The van der Waals surface area contributed by atoms with Gasteiger partial charge in [-0.1, -0.05) is 23.3 Å². The molecule has 0 aromatic rings. The molecule has 0 atom stereocenters. The fourth-order valence-corrected chi connectivity index (χ4v) is 1.31. The zero-order valence-electron chi connectivity index (χ0n) is 4.59. The Labute approximate surface area is 63.9 Å². The van der Waals surface area contributed by atoms with Gasteiger partial charge in [0.05, 0.1) is 0 Å². The summed E-state index contributed by atoms with van der Waals surface area (Å²) in [5.74, 6) is 0. The summed E-state index contributed by atoms with van der Waals surface area (Å²) in [4.78, 5) is 0. The fraction of sp³-hybridized carbons (Fsp3) is 0.429. The summed E-state index contributed by atoms with van der Waals surface area (Å²) in [6.07, 6.45) is 8.54. The standard InChI is InChI=1S/C7H8.Pt/c1-2-7-4-3-6(1)5-7;/h1-2H,3-5H2;/q;+2. The van der Waals surface area contributed by atoms with Gasteiger partial charge in [-0.2, -0.15) is 0 Å². The van der Waals surface area contributed by atoms with E-state index in [4.69, 9.17) is 0 Å². The third kappa shape index (κ3) is 0.821. The molecule has 0 spiro atoms. The second-order valence-corrected chi connectivity index (χ2v) is 2.33. The molecule has 0 aromatic heterocycles. The fourth-order valence-electron chi connectivity index (χ4n) is 1.31. The van der Waals surface area contributed by atoms with Gasteiger partial charge in [0, 0.05) is 0 Å². The molecule has 0 N–H and O–H groups in total. The van der Waals surface area contributed by atoms with E-state index in [2.05, 4.69) is 12.2 Å². The molecule has 1 heteroatoms. The van der Waals surface area contributed by atoms with E-state index in [1.54, 1.807) is 11.1 Å². The summed E-state index contributed by atoms with van der Waals surface area (Å²) < 4.78 is 0. The Hall–Kier alpha value is 0.168. The topological polar surface area (TPSA) is 0 Å². The van der Waals surface area contributed by atoms with E-state index in [1.807, 2.05) is 0 Å². The summed E-state index contributed by atoms with van der Waals surface area (Å²) in [6.45, 7) is 0. The van der Waals surface area contributed by atoms with Crippen molar-refractivity contribution in [1.82, 2.24) is 0 Å². The molecule has 1 saturated carbocycles. The number of fused-ring (bicyclic) bond motifs is 2. The van der Waals surface area contributed by atoms with E-state index in [-0.39, 0.29) is 21.1 Å². The normalized spacial score (nSPS) is 22.0. The van der Waals surface area contributed by atoms with Crippen LogP contribution in [0.5, 0.6) is 0 Å². The van der Waals surface area contributed by atoms with E-state index in [0.717, 1.165) is 0 Å². The average Bonchev–Trinajstić information content (AvgIpc) is 2.22. The van der Waals surface area contributed by atoms with Gasteiger partial charge in [0.15, 0.2) is 0 Å². The predicted molar refractivity (Wildman–Crippen MR) is 30.0 cm³/mol. The molecule has 8 heavy (non-hydrogen) atoms. The SMILES string of the molecule is C1=C2CCC(=C1)C2.[Pt+2]. The molecule has 0 aliphatic heterocycles. The number of allylic oxidation sites excluding steroid dienone is 4. The molecule has 0 heterocycles. The van der Waals surface area contributed by atoms with Crippen LogP contribution >= 0.6 is 0 Å². The first-order valence-electron chi connectivity index (χ1n) is 2.82. The van der Waals surface area contributed by atoms with Gasteiger partial charge in [0.2, 0.25) is 0 Å². The van der Waals surface area contributed by atoms with Crippen molar-refractivity contribution in [2.75, 3.05) is 0 Å². The van der Waals surface area contributed by atoms with Gasteiger partial charge in [0.1, 0.15) is 0 Å². The van der Waals surface area contributed by atoms with Gasteiger partial charge in [-0.3, -0.25) is 0 Å². The first kappa shape index (κ1) is 6.29. The maximum atomic E-state index is 2.26. The largest absolute Gasteiger partial charge is 2.00 e. The van der Waals surface area contributed by atoms with Crippen LogP contribution in [-0.4, -0.2) is 0 Å². The van der Waals surface area contributed by atoms with Crippen molar-refractivity contribution in [3.8, 4) is 0 Å². The Morgan fingerprint density at radius 1 is 1.00 bits per heavy atom. The molecule has 0 radical (unpaired) electrons. The molecule has 44 valence electrons. The first-order valence-corrected chi connectivity index (χ1v) is 2.82. The van der Waals surface area contributed by atoms with E-state index in [9.17, 15) is 0 Å². The zero-order valence-corrected chi connectivity index (χ0v) is 6.86. The van der Waals surface area contributed by atoms with Crippen LogP contribution in [0.3, 0.4) is 0 Å². The van der Waals surface area contributed by atoms with E-state index < -0.39 is 0 Å². The van der Waals surface area contributed by atoms with Crippen LogP contribution in [0.2, 0.25) is 0 Å². The zero-order chi connectivity index (χ0) is 4.69. The minimum atomic E-state index is 0. The minimum Gasteiger partial charge on any atom is -0.0658 e. The van der Waals surface area contributed by atoms with Crippen LogP contribution in [0.1, 0.15) is 19.3 Å². The van der Waals surface area contributed by atoms with Gasteiger partial charge in [-0.05, 0) is 19.3 Å². The van der Waals surface area contributed by atoms with Crippen LogP contribution in [0.4, 0.5) is 0 Å². The van der Waals surface area contributed by atoms with Crippen LogP contribution in [0, 0.1) is 0 Å². The van der Waals surface area contributed by atoms with E-state index in [1.165, 1.54) is 19.3 Å². The third-order valence-electron chi connectivity index (χ3n) is 1.78. The van der Waals surface area contributed by atoms with Gasteiger partial charge in [0.25, 0.3) is 0 Å². The summed E-state index contributed by atoms with van der Waals surface area (Å²) in [7, 11) is 0. The molecule has 0 unspecified atom stereocenters. The van der Waals surface area contributed by atoms with Crippen molar-refractivity contribution in [2.45, 2.75) is 19.3 Å². The van der Waals surface area contributed by atoms with Crippen molar-refractivity contribution in [3.63, 3.8) is 0 Å². The molecule has 2 bridgehead atoms. The predicted octanol–water partition coefficient (Wildman–Crippen LogP) is 2.03. The van der Waals surface area contributed by atoms with Crippen molar-refractivity contribution < 1.29 is 21.1 Å². The molecule has 2 rings (SSSR count). The summed E-state index contributed by atoms with van der Waals surface area (Å²) in [5.41, 5.74) is 3.30. The number of rotatable bonds is 0. The number of hydrogen-bond acceptors (Lipinski definition) is 0. The Balaban J connectivity index is 0.000000320. The molecule has 0 saturated heterocycles. The van der Waals surface area contributed by atoms with Crippen molar-refractivity contribution >= 4 is 0 Å². The van der Waals surface area contributed by atoms with Crippen molar-refractivity contribution in [2.24, 2.45) is 0 Å². The summed E-state index contributed by atoms with van der Waals surface area (Å²) >= 11 is 0. The van der Waals surface area contributed by atoms with Crippen LogP contribution < -0.4 is 0 Å². The maximum absolute atomic E-state index is 2.26. The quantitative estimate of drug-likeness (QED) is 0.639. The Morgan fingerprint density at radius 3 is 1.62 bits per heavy atom. The Kier molecular flexibility index (Phi) is 1.72. The van der Waals surface area contributed by atoms with Gasteiger partial charge in [-0.25, -0.2) is 0 Å². The molecule has 0 aromatic carbocycles. The van der Waals surface area contributed by atoms with Crippen molar-refractivity contribution in [1.29, 1.82) is 0 Å². The first-order chi connectivity index (χ1) is 3.45. The molecular weight excluding hydrogens is 279 g/mol. The molecule has 1 fully saturated rings. The Bertz CT molecular complexity index is 136. The van der Waals surface area contributed by atoms with Gasteiger partial charge >= 0.3 is 21.1 Å². The minimum absolute atomic E-state index is 0. The average molecular weight is 287 g/mol. The molecule has 0 nitrogen and oxygen atoms in total. The van der Waals surface area contributed by atoms with E-state index >= 15 is 0 Å². The van der Waals surface area contributed by atoms with E-state index in [0.29, 0.717) is 0 Å². The van der Waals surface area contributed by atoms with Gasteiger partial charge in [-0.15, -0.1) is 0 Å². The monoisotopic (exact) mass is 287 g/mol. The second kappa shape index (κ2) is 2.19. The summed E-state index contributed by atoms with van der Waals surface area (Å²) in [6, 6.07) is 0. The van der Waals surface area contributed by atoms with Crippen LogP contribution in [-0.2, 0) is 21.1 Å². The number of hydrogen-bond donors (Lipinski definition) is 0. The second-order valence-electron chi connectivity index (χ2n) is 2.33. The van der Waals surface area contributed by atoms with Crippen molar-refractivity contribution in [3.05, 3.63) is 23.3 Å². The molecule has 0 amide bonds. The molecular formula is C7H8Pt+2. The maximum Gasteiger partial charge on any atom is 2.00 e. The van der Waals surface area contributed by atoms with Crippen LogP contribution in [0.15, 0.2) is 23.3 Å².